The first-order valence-electron chi connectivity index (χ1n) is 7.55. The van der Waals surface area contributed by atoms with Crippen LogP contribution < -0.4 is 10.1 Å². The summed E-state index contributed by atoms with van der Waals surface area (Å²) in [5.41, 5.74) is 2.24. The molecule has 1 aliphatic heterocycles. The lowest BCUT2D eigenvalue weighted by atomic mass is 9.91. The molecule has 2 rings (SSSR count). The van der Waals surface area contributed by atoms with Crippen LogP contribution in [0.4, 0.5) is 0 Å². The van der Waals surface area contributed by atoms with E-state index in [-0.39, 0.29) is 12.0 Å². The summed E-state index contributed by atoms with van der Waals surface area (Å²) in [6.07, 6.45) is 1.78. The fraction of sp³-hybridized carbons (Fsp3) is 0.625. The summed E-state index contributed by atoms with van der Waals surface area (Å²) in [5, 5.41) is 3.52. The third kappa shape index (κ3) is 3.98. The first-order chi connectivity index (χ1) is 9.96. The van der Waals surface area contributed by atoms with Gasteiger partial charge in [-0.1, -0.05) is 19.1 Å². The van der Waals surface area contributed by atoms with E-state index in [1.165, 1.54) is 0 Å². The molecule has 0 spiro atoms. The van der Waals surface area contributed by atoms with Crippen molar-refractivity contribution in [3.05, 3.63) is 29.3 Å². The molecule has 2 unspecified atom stereocenters. The van der Waals surface area contributed by atoms with Gasteiger partial charge in [-0.15, -0.1) is 0 Å². The van der Waals surface area contributed by atoms with Crippen molar-refractivity contribution in [2.45, 2.75) is 32.7 Å². The van der Waals surface area contributed by atoms with E-state index in [0.717, 1.165) is 36.3 Å². The molecule has 21 heavy (non-hydrogen) atoms. The summed E-state index contributed by atoms with van der Waals surface area (Å²) in [5.74, 6) is 1.64. The number of rotatable bonds is 6. The van der Waals surface area contributed by atoms with E-state index in [1.54, 1.807) is 7.11 Å². The summed E-state index contributed by atoms with van der Waals surface area (Å²) in [6, 6.07) is 6.22. The highest BCUT2D eigenvalue weighted by Gasteiger charge is 2.34. The third-order valence-electron chi connectivity index (χ3n) is 4.13. The van der Waals surface area contributed by atoms with E-state index in [1.807, 2.05) is 19.1 Å². The van der Waals surface area contributed by atoms with Crippen LogP contribution in [-0.4, -0.2) is 33.6 Å². The van der Waals surface area contributed by atoms with Gasteiger partial charge in [0.15, 0.2) is 9.84 Å². The molecular formula is C16H25NO3S. The number of sulfone groups is 1. The second-order valence-corrected chi connectivity index (χ2v) is 8.05. The molecule has 2 atom stereocenters. The van der Waals surface area contributed by atoms with E-state index < -0.39 is 9.84 Å². The Kier molecular flexibility index (Phi) is 5.27. The fourth-order valence-electron chi connectivity index (χ4n) is 3.04. The van der Waals surface area contributed by atoms with Crippen molar-refractivity contribution in [1.29, 1.82) is 0 Å². The Bertz CT molecular complexity index is 583. The lowest BCUT2D eigenvalue weighted by Crippen LogP contribution is -2.29. The van der Waals surface area contributed by atoms with Gasteiger partial charge in [-0.2, -0.15) is 0 Å². The molecule has 1 aromatic carbocycles. The first-order valence-corrected chi connectivity index (χ1v) is 9.37. The zero-order valence-corrected chi connectivity index (χ0v) is 13.9. The molecule has 1 fully saturated rings. The number of methoxy groups -OCH3 is 1. The summed E-state index contributed by atoms with van der Waals surface area (Å²) >= 11 is 0. The lowest BCUT2D eigenvalue weighted by Gasteiger charge is -2.25. The predicted molar refractivity (Wildman–Crippen MR) is 85.5 cm³/mol. The number of hydrogen-bond donors (Lipinski definition) is 1. The van der Waals surface area contributed by atoms with Crippen molar-refractivity contribution in [1.82, 2.24) is 5.32 Å². The Hall–Kier alpha value is -1.07. The van der Waals surface area contributed by atoms with Crippen LogP contribution in [0, 0.1) is 12.8 Å². The Labute approximate surface area is 127 Å². The maximum absolute atomic E-state index is 11.8. The standard InChI is InChI=1S/C16H25NO3S/c1-4-8-17-16(14-7-9-21(18,19)11-14)13-5-6-15(20-3)12(2)10-13/h5-6,10,14,16-17H,4,7-9,11H2,1-3H3. The van der Waals surface area contributed by atoms with Crippen molar-refractivity contribution in [2.24, 2.45) is 5.92 Å². The Balaban J connectivity index is 2.25. The van der Waals surface area contributed by atoms with Crippen LogP contribution in [-0.2, 0) is 9.84 Å². The van der Waals surface area contributed by atoms with E-state index in [4.69, 9.17) is 4.74 Å². The smallest absolute Gasteiger partial charge is 0.150 e. The van der Waals surface area contributed by atoms with Gasteiger partial charge in [-0.3, -0.25) is 0 Å². The number of hydrogen-bond acceptors (Lipinski definition) is 4. The van der Waals surface area contributed by atoms with E-state index >= 15 is 0 Å². The molecule has 1 heterocycles. The molecule has 0 amide bonds. The van der Waals surface area contributed by atoms with E-state index in [2.05, 4.69) is 18.3 Å². The molecule has 0 bridgehead atoms. The van der Waals surface area contributed by atoms with Gasteiger partial charge in [0.25, 0.3) is 0 Å². The monoisotopic (exact) mass is 311 g/mol. The summed E-state index contributed by atoms with van der Waals surface area (Å²) < 4.78 is 28.8. The molecular weight excluding hydrogens is 286 g/mol. The predicted octanol–water partition coefficient (Wildman–Crippen LogP) is 2.48. The molecule has 1 aliphatic rings. The zero-order valence-electron chi connectivity index (χ0n) is 13.1. The Morgan fingerprint density at radius 3 is 2.71 bits per heavy atom. The fourth-order valence-corrected chi connectivity index (χ4v) is 4.88. The minimum absolute atomic E-state index is 0.104. The minimum Gasteiger partial charge on any atom is -0.496 e. The average molecular weight is 311 g/mol. The Morgan fingerprint density at radius 1 is 1.43 bits per heavy atom. The Morgan fingerprint density at radius 2 is 2.19 bits per heavy atom. The maximum atomic E-state index is 11.8. The molecule has 0 radical (unpaired) electrons. The van der Waals surface area contributed by atoms with Gasteiger partial charge in [-0.05, 0) is 49.4 Å². The number of ether oxygens (including phenoxy) is 1. The largest absolute Gasteiger partial charge is 0.496 e. The van der Waals surface area contributed by atoms with Gasteiger partial charge >= 0.3 is 0 Å². The molecule has 0 aromatic heterocycles. The molecule has 1 aromatic rings. The molecule has 5 heteroatoms. The molecule has 0 aliphatic carbocycles. The minimum atomic E-state index is -2.86. The summed E-state index contributed by atoms with van der Waals surface area (Å²) in [6.45, 7) is 5.03. The van der Waals surface area contributed by atoms with Gasteiger partial charge in [0.05, 0.1) is 18.6 Å². The quantitative estimate of drug-likeness (QED) is 0.877. The molecule has 1 N–H and O–H groups in total. The van der Waals surface area contributed by atoms with E-state index in [9.17, 15) is 8.42 Å². The highest BCUT2D eigenvalue weighted by Crippen LogP contribution is 2.33. The van der Waals surface area contributed by atoms with Gasteiger partial charge in [0, 0.05) is 6.04 Å². The first kappa shape index (κ1) is 16.3. The lowest BCUT2D eigenvalue weighted by molar-refractivity contribution is 0.389. The third-order valence-corrected chi connectivity index (χ3v) is 5.93. The van der Waals surface area contributed by atoms with Gasteiger partial charge < -0.3 is 10.1 Å². The molecule has 118 valence electrons. The summed E-state index contributed by atoms with van der Waals surface area (Å²) in [4.78, 5) is 0. The highest BCUT2D eigenvalue weighted by atomic mass is 32.2. The second kappa shape index (κ2) is 6.79. The van der Waals surface area contributed by atoms with Crippen molar-refractivity contribution >= 4 is 9.84 Å². The number of nitrogens with one attached hydrogen (secondary N) is 1. The van der Waals surface area contributed by atoms with E-state index in [0.29, 0.717) is 11.5 Å². The van der Waals surface area contributed by atoms with Crippen LogP contribution >= 0.6 is 0 Å². The second-order valence-electron chi connectivity index (χ2n) is 5.82. The van der Waals surface area contributed by atoms with Crippen LogP contribution in [0.5, 0.6) is 5.75 Å². The van der Waals surface area contributed by atoms with Crippen LogP contribution in [0.3, 0.4) is 0 Å². The summed E-state index contributed by atoms with van der Waals surface area (Å²) in [7, 11) is -1.20. The van der Waals surface area contributed by atoms with Gasteiger partial charge in [-0.25, -0.2) is 8.42 Å². The molecule has 0 saturated carbocycles. The maximum Gasteiger partial charge on any atom is 0.150 e. The van der Waals surface area contributed by atoms with Crippen LogP contribution in [0.1, 0.15) is 36.9 Å². The van der Waals surface area contributed by atoms with Crippen LogP contribution in [0.25, 0.3) is 0 Å². The highest BCUT2D eigenvalue weighted by molar-refractivity contribution is 7.91. The van der Waals surface area contributed by atoms with Gasteiger partial charge in [0.1, 0.15) is 5.75 Å². The SMILES string of the molecule is CCCNC(c1ccc(OC)c(C)c1)C1CCS(=O)(=O)C1. The zero-order chi connectivity index (χ0) is 15.5. The van der Waals surface area contributed by atoms with Crippen molar-refractivity contribution < 1.29 is 13.2 Å². The van der Waals surface area contributed by atoms with Crippen molar-refractivity contribution in [3.8, 4) is 5.75 Å². The molecule has 1 saturated heterocycles. The van der Waals surface area contributed by atoms with Gasteiger partial charge in [0.2, 0.25) is 0 Å². The number of aryl methyl sites for hydroxylation is 1. The van der Waals surface area contributed by atoms with Crippen LogP contribution in [0.15, 0.2) is 18.2 Å². The van der Waals surface area contributed by atoms with Crippen molar-refractivity contribution in [3.63, 3.8) is 0 Å². The molecule has 4 nitrogen and oxygen atoms in total. The topological polar surface area (TPSA) is 55.4 Å². The normalized spacial score (nSPS) is 22.1. The average Bonchev–Trinajstić information content (AvgIpc) is 2.79. The number of benzene rings is 1. The van der Waals surface area contributed by atoms with Crippen LogP contribution in [0.2, 0.25) is 0 Å². The van der Waals surface area contributed by atoms with Crippen molar-refractivity contribution in [2.75, 3.05) is 25.2 Å².